The molecule has 2 amide bonds. The lowest BCUT2D eigenvalue weighted by Crippen LogP contribution is -2.58. The highest BCUT2D eigenvalue weighted by atomic mass is 19.3. The Balaban J connectivity index is 1.50. The summed E-state index contributed by atoms with van der Waals surface area (Å²) in [6.07, 6.45) is 2.93. The van der Waals surface area contributed by atoms with Gasteiger partial charge in [0.15, 0.2) is 0 Å². The molecule has 0 unspecified atom stereocenters. The first-order chi connectivity index (χ1) is 23.1. The molecular formula is C34H39F4N5O6. The van der Waals surface area contributed by atoms with E-state index in [4.69, 9.17) is 9.47 Å². The maximum atomic E-state index is 13.7. The van der Waals surface area contributed by atoms with Crippen molar-refractivity contribution in [2.75, 3.05) is 25.5 Å². The molecule has 11 nitrogen and oxygen atoms in total. The molecule has 1 saturated heterocycles. The van der Waals surface area contributed by atoms with Crippen molar-refractivity contribution in [3.8, 4) is 22.8 Å². The average Bonchev–Trinajstić information content (AvgIpc) is 3.87. The molecule has 0 radical (unpaired) electrons. The Morgan fingerprint density at radius 1 is 1.02 bits per heavy atom. The van der Waals surface area contributed by atoms with E-state index in [1.807, 2.05) is 13.8 Å². The first kappa shape index (κ1) is 35.8. The molecule has 0 bridgehead atoms. The van der Waals surface area contributed by atoms with Crippen LogP contribution in [0.5, 0.6) is 11.6 Å². The zero-order valence-corrected chi connectivity index (χ0v) is 27.8. The number of amides is 2. The van der Waals surface area contributed by atoms with E-state index < -0.39 is 43.0 Å². The minimum atomic E-state index is -3.19. The molecule has 2 fully saturated rings. The van der Waals surface area contributed by atoms with Crippen molar-refractivity contribution in [2.45, 2.75) is 83.9 Å². The number of nitrogens with one attached hydrogen (secondary N) is 2. The first-order valence-corrected chi connectivity index (χ1v) is 15.9. The van der Waals surface area contributed by atoms with E-state index in [1.165, 1.54) is 30.3 Å². The number of hydrogen-bond donors (Lipinski definition) is 2. The molecule has 1 aliphatic carbocycles. The van der Waals surface area contributed by atoms with Gasteiger partial charge in [-0.1, -0.05) is 0 Å². The molecule has 264 valence electrons. The van der Waals surface area contributed by atoms with Gasteiger partial charge in [-0.05, 0) is 87.6 Å². The Labute approximate surface area is 280 Å². The zero-order chi connectivity index (χ0) is 35.6. The van der Waals surface area contributed by atoms with Gasteiger partial charge in [0.1, 0.15) is 17.1 Å². The summed E-state index contributed by atoms with van der Waals surface area (Å²) >= 11 is 0. The second kappa shape index (κ2) is 14.5. The van der Waals surface area contributed by atoms with Gasteiger partial charge in [-0.25, -0.2) is 8.78 Å². The molecule has 1 aromatic carbocycles. The Hall–Kier alpha value is -4.50. The maximum absolute atomic E-state index is 13.7. The zero-order valence-electron chi connectivity index (χ0n) is 27.8. The maximum Gasteiger partial charge on any atom is 0.387 e. The highest BCUT2D eigenvalue weighted by Crippen LogP contribution is 2.36. The van der Waals surface area contributed by atoms with Crippen LogP contribution in [0.3, 0.4) is 0 Å². The fraction of sp³-hybridized carbons (Fsp3) is 0.471. The van der Waals surface area contributed by atoms with Gasteiger partial charge in [0, 0.05) is 38.0 Å². The van der Waals surface area contributed by atoms with E-state index in [0.29, 0.717) is 12.1 Å². The van der Waals surface area contributed by atoms with E-state index in [-0.39, 0.29) is 64.0 Å². The summed E-state index contributed by atoms with van der Waals surface area (Å²) in [5.41, 5.74) is 0.373. The van der Waals surface area contributed by atoms with E-state index >= 15 is 0 Å². The first-order valence-electron chi connectivity index (χ1n) is 15.9. The van der Waals surface area contributed by atoms with Crippen LogP contribution in [0.25, 0.3) is 11.1 Å². The van der Waals surface area contributed by atoms with Crippen LogP contribution in [0.15, 0.2) is 47.4 Å². The van der Waals surface area contributed by atoms with Crippen LogP contribution in [0.1, 0.15) is 72.9 Å². The third-order valence-corrected chi connectivity index (χ3v) is 8.28. The Kier molecular flexibility index (Phi) is 10.6. The molecule has 1 saturated carbocycles. The van der Waals surface area contributed by atoms with Gasteiger partial charge in [0.25, 0.3) is 23.3 Å². The number of ether oxygens (including phenoxy) is 3. The molecule has 2 aliphatic rings. The number of carbonyl (C=O) groups excluding carboxylic acids is 2. The fourth-order valence-electron chi connectivity index (χ4n) is 5.36. The summed E-state index contributed by atoms with van der Waals surface area (Å²) in [5, 5.41) is 6.02. The largest absolute Gasteiger partial charge is 0.475 e. The smallest absolute Gasteiger partial charge is 0.387 e. The number of nitrogens with zero attached hydrogens (tertiary/aromatic N) is 3. The molecule has 1 aliphatic heterocycles. The third-order valence-electron chi connectivity index (χ3n) is 8.28. The third kappa shape index (κ3) is 8.76. The molecule has 2 atom stereocenters. The molecule has 2 N–H and O–H groups in total. The second-order valence-electron chi connectivity index (χ2n) is 12.6. The van der Waals surface area contributed by atoms with Crippen LogP contribution in [-0.2, 0) is 11.3 Å². The molecule has 15 heteroatoms. The Morgan fingerprint density at radius 3 is 2.35 bits per heavy atom. The number of methoxy groups -OCH3 is 1. The lowest BCUT2D eigenvalue weighted by atomic mass is 9.97. The van der Waals surface area contributed by atoms with Gasteiger partial charge in [0.05, 0.1) is 30.9 Å². The van der Waals surface area contributed by atoms with Crippen LogP contribution in [0.2, 0.25) is 0 Å². The lowest BCUT2D eigenvalue weighted by Gasteiger charge is -2.39. The van der Waals surface area contributed by atoms with Gasteiger partial charge < -0.3 is 34.3 Å². The fourth-order valence-corrected chi connectivity index (χ4v) is 5.36. The summed E-state index contributed by atoms with van der Waals surface area (Å²) < 4.78 is 70.6. The number of hydrogen-bond acceptors (Lipinski definition) is 8. The number of benzene rings is 1. The van der Waals surface area contributed by atoms with Crippen LogP contribution in [-0.4, -0.2) is 77.2 Å². The number of alkyl halides is 4. The molecule has 3 heterocycles. The van der Waals surface area contributed by atoms with E-state index in [2.05, 4.69) is 20.4 Å². The van der Waals surface area contributed by atoms with E-state index in [1.54, 1.807) is 31.7 Å². The van der Waals surface area contributed by atoms with Crippen molar-refractivity contribution < 1.29 is 41.4 Å². The van der Waals surface area contributed by atoms with Crippen LogP contribution < -0.4 is 25.7 Å². The van der Waals surface area contributed by atoms with Crippen molar-refractivity contribution in [3.05, 3.63) is 69.6 Å². The molecule has 49 heavy (non-hydrogen) atoms. The van der Waals surface area contributed by atoms with Crippen LogP contribution in [0.4, 0.5) is 23.4 Å². The van der Waals surface area contributed by atoms with Crippen molar-refractivity contribution in [1.29, 1.82) is 0 Å². The van der Waals surface area contributed by atoms with Gasteiger partial charge in [-0.15, -0.1) is 0 Å². The summed E-state index contributed by atoms with van der Waals surface area (Å²) in [7, 11) is 1.61. The highest BCUT2D eigenvalue weighted by molar-refractivity contribution is 6.05. The van der Waals surface area contributed by atoms with Crippen LogP contribution >= 0.6 is 0 Å². The standard InChI is InChI=1S/C34H39F4N5O6/c1-18(2)48-29-12-22(25-9-8-24(49-33(35)36)13-26(25)31(45)42-16-34(37,38)17-42)11-28(40-29)41-30(44)27-10-21(14-39-19(3)20(4)47-5)15-43(32(27)46)23-6-7-23/h8-13,15,18-20,23,33,39H,6-7,14,16-17H2,1-5H3,(H,40,41,44)/t19-,20-/m0/s1. The minimum absolute atomic E-state index is 0.0128. The number of halogens is 4. The Bertz CT molecular complexity index is 1760. The number of aromatic nitrogens is 2. The van der Waals surface area contributed by atoms with Gasteiger partial charge >= 0.3 is 6.61 Å². The van der Waals surface area contributed by atoms with Crippen LogP contribution in [0, 0.1) is 0 Å². The number of anilines is 1. The number of rotatable bonds is 14. The summed E-state index contributed by atoms with van der Waals surface area (Å²) in [6, 6.07) is 7.96. The number of carbonyl (C=O) groups is 2. The molecule has 2 aromatic heterocycles. The van der Waals surface area contributed by atoms with Crippen molar-refractivity contribution in [1.82, 2.24) is 19.8 Å². The van der Waals surface area contributed by atoms with Crippen molar-refractivity contribution in [2.24, 2.45) is 0 Å². The molecular weight excluding hydrogens is 650 g/mol. The SMILES string of the molecule is CO[C@@H](C)[C@H](C)NCc1cc(C(=O)Nc2cc(-c3ccc(OC(F)F)cc3C(=O)N3CC(F)(F)C3)cc(OC(C)C)n2)c(=O)n(C2CC2)c1. The van der Waals surface area contributed by atoms with Gasteiger partial charge in [0.2, 0.25) is 5.88 Å². The minimum Gasteiger partial charge on any atom is -0.475 e. The number of likely N-dealkylation sites (tertiary alicyclic amines) is 1. The Morgan fingerprint density at radius 2 is 1.73 bits per heavy atom. The summed E-state index contributed by atoms with van der Waals surface area (Å²) in [4.78, 5) is 45.8. The predicted molar refractivity (Wildman–Crippen MR) is 173 cm³/mol. The molecule has 3 aromatic rings. The molecule has 0 spiro atoms. The summed E-state index contributed by atoms with van der Waals surface area (Å²) in [5.74, 6) is -4.97. The van der Waals surface area contributed by atoms with Crippen molar-refractivity contribution >= 4 is 17.6 Å². The van der Waals surface area contributed by atoms with Gasteiger partial charge in [-0.2, -0.15) is 13.8 Å². The quantitative estimate of drug-likeness (QED) is 0.213. The van der Waals surface area contributed by atoms with Crippen molar-refractivity contribution in [3.63, 3.8) is 0 Å². The molecule has 5 rings (SSSR count). The lowest BCUT2D eigenvalue weighted by molar-refractivity contribution is -0.113. The van der Waals surface area contributed by atoms with E-state index in [9.17, 15) is 31.9 Å². The highest BCUT2D eigenvalue weighted by Gasteiger charge is 2.46. The monoisotopic (exact) mass is 689 g/mol. The van der Waals surface area contributed by atoms with Gasteiger partial charge in [-0.3, -0.25) is 14.4 Å². The summed E-state index contributed by atoms with van der Waals surface area (Å²) in [6.45, 7) is 2.90. The predicted octanol–water partition coefficient (Wildman–Crippen LogP) is 5.49. The topological polar surface area (TPSA) is 124 Å². The van der Waals surface area contributed by atoms with E-state index in [0.717, 1.165) is 23.8 Å². The number of pyridine rings is 2. The second-order valence-corrected chi connectivity index (χ2v) is 12.6. The normalized spacial score (nSPS) is 16.7. The average molecular weight is 690 g/mol.